The van der Waals surface area contributed by atoms with E-state index < -0.39 is 0 Å². The van der Waals surface area contributed by atoms with Crippen LogP contribution in [0.2, 0.25) is 0 Å². The van der Waals surface area contributed by atoms with Crippen LogP contribution in [0.15, 0.2) is 6.33 Å². The van der Waals surface area contributed by atoms with E-state index in [1.165, 1.54) is 0 Å². The number of aromatic nitrogens is 2. The minimum absolute atomic E-state index is 0.724. The molecule has 5 nitrogen and oxygen atoms in total. The van der Waals surface area contributed by atoms with E-state index in [9.17, 15) is 0 Å². The van der Waals surface area contributed by atoms with Gasteiger partial charge in [0.15, 0.2) is 0 Å². The Balaban J connectivity index is 3.09. The van der Waals surface area contributed by atoms with Crippen molar-refractivity contribution in [3.05, 3.63) is 11.9 Å². The van der Waals surface area contributed by atoms with Crippen LogP contribution in [0.25, 0.3) is 0 Å². The van der Waals surface area contributed by atoms with Gasteiger partial charge in [0.05, 0.1) is 0 Å². The van der Waals surface area contributed by atoms with Crippen molar-refractivity contribution in [3.8, 4) is 0 Å². The zero-order valence-electron chi connectivity index (χ0n) is 10.3. The number of hydrazine groups is 1. The van der Waals surface area contributed by atoms with Crippen molar-refractivity contribution >= 4 is 11.6 Å². The first-order chi connectivity index (χ1) is 7.78. The molecular weight excluding hydrogens is 202 g/mol. The van der Waals surface area contributed by atoms with Crippen LogP contribution < -0.4 is 16.2 Å². The van der Waals surface area contributed by atoms with Crippen molar-refractivity contribution in [2.24, 2.45) is 5.84 Å². The molecule has 0 aliphatic heterocycles. The highest BCUT2D eigenvalue weighted by atomic mass is 15.3. The average Bonchev–Trinajstić information content (AvgIpc) is 2.34. The second-order valence-corrected chi connectivity index (χ2v) is 3.60. The van der Waals surface area contributed by atoms with Gasteiger partial charge in [0.1, 0.15) is 18.0 Å². The third kappa shape index (κ3) is 2.61. The molecule has 0 amide bonds. The van der Waals surface area contributed by atoms with Crippen molar-refractivity contribution in [1.29, 1.82) is 0 Å². The highest BCUT2D eigenvalue weighted by Crippen LogP contribution is 2.23. The van der Waals surface area contributed by atoms with Gasteiger partial charge in [-0.1, -0.05) is 13.8 Å². The van der Waals surface area contributed by atoms with Crippen LogP contribution in [0, 0.1) is 0 Å². The van der Waals surface area contributed by atoms with E-state index in [1.807, 2.05) is 0 Å². The molecule has 16 heavy (non-hydrogen) atoms. The van der Waals surface area contributed by atoms with Crippen molar-refractivity contribution in [1.82, 2.24) is 9.97 Å². The number of anilines is 2. The van der Waals surface area contributed by atoms with Crippen LogP contribution in [0.3, 0.4) is 0 Å². The summed E-state index contributed by atoms with van der Waals surface area (Å²) >= 11 is 0. The Labute approximate surface area is 97.0 Å². The van der Waals surface area contributed by atoms with Crippen molar-refractivity contribution in [2.75, 3.05) is 23.4 Å². The van der Waals surface area contributed by atoms with Gasteiger partial charge < -0.3 is 10.3 Å². The Morgan fingerprint density at radius 3 is 2.56 bits per heavy atom. The number of hydrogen-bond donors (Lipinski definition) is 2. The Kier molecular flexibility index (Phi) is 4.98. The van der Waals surface area contributed by atoms with E-state index in [1.54, 1.807) is 6.33 Å². The third-order valence-corrected chi connectivity index (χ3v) is 2.59. The second kappa shape index (κ2) is 6.27. The summed E-state index contributed by atoms with van der Waals surface area (Å²) < 4.78 is 0. The topological polar surface area (TPSA) is 67.1 Å². The van der Waals surface area contributed by atoms with Crippen molar-refractivity contribution in [3.63, 3.8) is 0 Å². The lowest BCUT2D eigenvalue weighted by molar-refractivity contribution is 0.768. The number of nitrogens with two attached hydrogens (primary N) is 1. The van der Waals surface area contributed by atoms with E-state index in [2.05, 4.69) is 41.1 Å². The summed E-state index contributed by atoms with van der Waals surface area (Å²) in [6.07, 6.45) is 3.53. The molecule has 5 heteroatoms. The van der Waals surface area contributed by atoms with Crippen molar-refractivity contribution in [2.45, 2.75) is 33.6 Å². The summed E-state index contributed by atoms with van der Waals surface area (Å²) in [5.41, 5.74) is 3.71. The molecule has 0 unspecified atom stereocenters. The lowest BCUT2D eigenvalue weighted by atomic mass is 10.2. The molecule has 0 saturated heterocycles. The standard InChI is InChI=1S/C11H21N5/c1-4-7-16(6-3)11-9(5-2)10(15-12)13-8-14-11/h8H,4-7,12H2,1-3H3,(H,13,14,15). The summed E-state index contributed by atoms with van der Waals surface area (Å²) in [5.74, 6) is 7.17. The Bertz CT molecular complexity index is 326. The van der Waals surface area contributed by atoms with Gasteiger partial charge in [-0.05, 0) is 19.8 Å². The summed E-state index contributed by atoms with van der Waals surface area (Å²) in [7, 11) is 0. The van der Waals surface area contributed by atoms with Gasteiger partial charge >= 0.3 is 0 Å². The molecule has 1 rings (SSSR count). The third-order valence-electron chi connectivity index (χ3n) is 2.59. The fourth-order valence-electron chi connectivity index (χ4n) is 1.81. The maximum atomic E-state index is 5.45. The van der Waals surface area contributed by atoms with Gasteiger partial charge in [-0.25, -0.2) is 15.8 Å². The minimum Gasteiger partial charge on any atom is -0.357 e. The van der Waals surface area contributed by atoms with Crippen molar-refractivity contribution < 1.29 is 0 Å². The molecule has 0 spiro atoms. The molecule has 1 aromatic rings. The Morgan fingerprint density at radius 1 is 1.31 bits per heavy atom. The lowest BCUT2D eigenvalue weighted by Gasteiger charge is -2.24. The first-order valence-electron chi connectivity index (χ1n) is 5.83. The summed E-state index contributed by atoms with van der Waals surface area (Å²) in [5, 5.41) is 0. The minimum atomic E-state index is 0.724. The number of hydrogen-bond acceptors (Lipinski definition) is 5. The van der Waals surface area contributed by atoms with E-state index in [4.69, 9.17) is 5.84 Å². The summed E-state index contributed by atoms with van der Waals surface area (Å²) in [4.78, 5) is 10.8. The molecule has 0 bridgehead atoms. The monoisotopic (exact) mass is 223 g/mol. The largest absolute Gasteiger partial charge is 0.357 e. The van der Waals surface area contributed by atoms with Gasteiger partial charge in [0.2, 0.25) is 0 Å². The van der Waals surface area contributed by atoms with E-state index >= 15 is 0 Å². The second-order valence-electron chi connectivity index (χ2n) is 3.60. The first-order valence-corrected chi connectivity index (χ1v) is 5.83. The summed E-state index contributed by atoms with van der Waals surface area (Å²) in [6.45, 7) is 8.33. The quantitative estimate of drug-likeness (QED) is 0.566. The average molecular weight is 223 g/mol. The number of nitrogen functional groups attached to an aromatic ring is 1. The highest BCUT2D eigenvalue weighted by molar-refractivity contribution is 5.58. The molecule has 0 aliphatic carbocycles. The molecule has 1 aromatic heterocycles. The molecule has 3 N–H and O–H groups in total. The predicted molar refractivity (Wildman–Crippen MR) is 67.4 cm³/mol. The number of nitrogens with one attached hydrogen (secondary N) is 1. The number of rotatable bonds is 6. The zero-order valence-corrected chi connectivity index (χ0v) is 10.3. The maximum absolute atomic E-state index is 5.45. The van der Waals surface area contributed by atoms with Gasteiger partial charge in [-0.3, -0.25) is 0 Å². The van der Waals surface area contributed by atoms with Crippen LogP contribution >= 0.6 is 0 Å². The molecule has 1 heterocycles. The predicted octanol–water partition coefficient (Wildman–Crippen LogP) is 1.56. The smallest absolute Gasteiger partial charge is 0.148 e. The van der Waals surface area contributed by atoms with E-state index in [0.29, 0.717) is 0 Å². The maximum Gasteiger partial charge on any atom is 0.148 e. The summed E-state index contributed by atoms with van der Waals surface area (Å²) in [6, 6.07) is 0. The Hall–Kier alpha value is -1.36. The number of nitrogens with zero attached hydrogens (tertiary/aromatic N) is 3. The van der Waals surface area contributed by atoms with Crippen LogP contribution in [0.1, 0.15) is 32.8 Å². The SMILES string of the molecule is CCCN(CC)c1ncnc(NN)c1CC. The van der Waals surface area contributed by atoms with Crippen LogP contribution in [0.4, 0.5) is 11.6 Å². The van der Waals surface area contributed by atoms with Gasteiger partial charge in [-0.15, -0.1) is 0 Å². The molecule has 90 valence electrons. The van der Waals surface area contributed by atoms with E-state index in [-0.39, 0.29) is 0 Å². The van der Waals surface area contributed by atoms with Gasteiger partial charge in [0, 0.05) is 18.7 Å². The zero-order chi connectivity index (χ0) is 12.0. The molecule has 0 atom stereocenters. The fourth-order valence-corrected chi connectivity index (χ4v) is 1.81. The van der Waals surface area contributed by atoms with Gasteiger partial charge in [-0.2, -0.15) is 0 Å². The fraction of sp³-hybridized carbons (Fsp3) is 0.636. The van der Waals surface area contributed by atoms with Crippen LogP contribution in [0.5, 0.6) is 0 Å². The molecule has 0 radical (unpaired) electrons. The Morgan fingerprint density at radius 2 is 2.06 bits per heavy atom. The van der Waals surface area contributed by atoms with Gasteiger partial charge in [0.25, 0.3) is 0 Å². The van der Waals surface area contributed by atoms with Crippen LogP contribution in [-0.2, 0) is 6.42 Å². The van der Waals surface area contributed by atoms with E-state index in [0.717, 1.165) is 43.1 Å². The normalized spacial score (nSPS) is 10.2. The highest BCUT2D eigenvalue weighted by Gasteiger charge is 2.13. The first kappa shape index (κ1) is 12.7. The van der Waals surface area contributed by atoms with Crippen LogP contribution in [-0.4, -0.2) is 23.1 Å². The lowest BCUT2D eigenvalue weighted by Crippen LogP contribution is -2.26. The molecule has 0 aliphatic rings. The molecular formula is C11H21N5. The molecule has 0 fully saturated rings. The molecule has 0 saturated carbocycles. The molecule has 0 aromatic carbocycles.